The number of carbonyl (C=O) groups excluding carboxylic acids is 2. The Balaban J connectivity index is 0.989. The van der Waals surface area contributed by atoms with E-state index < -0.39 is 18.2 Å². The van der Waals surface area contributed by atoms with Crippen LogP contribution in [0.25, 0.3) is 5.00 Å². The van der Waals surface area contributed by atoms with Gasteiger partial charge in [0.15, 0.2) is 5.82 Å². The van der Waals surface area contributed by atoms with Crippen molar-refractivity contribution >= 4 is 40.6 Å². The number of aromatic nitrogens is 3. The highest BCUT2D eigenvalue weighted by atomic mass is 35.5. The van der Waals surface area contributed by atoms with Crippen LogP contribution in [0.3, 0.4) is 0 Å². The van der Waals surface area contributed by atoms with Crippen LogP contribution in [0.15, 0.2) is 29.3 Å². The summed E-state index contributed by atoms with van der Waals surface area (Å²) in [6.07, 6.45) is -1.14. The SMILES string of the molecule is Cc1sc2c(c1C)C(c1ccc(Cl)cc1)=NC(CC(=O)NCCOCCOCCOCCOCCOCCOCCOC[C@@H](OC(N)=O)C(C)(C)C)c1nnc(C)n1-2. The maximum absolute atomic E-state index is 13.1. The Morgan fingerprint density at radius 2 is 1.33 bits per heavy atom. The number of rotatable bonds is 27. The van der Waals surface area contributed by atoms with Crippen LogP contribution in [-0.4, -0.2) is 138 Å². The number of ether oxygens (including phenoxy) is 8. The van der Waals surface area contributed by atoms with Crippen LogP contribution in [0.5, 0.6) is 0 Å². The van der Waals surface area contributed by atoms with E-state index in [2.05, 4.69) is 29.4 Å². The second kappa shape index (κ2) is 24.5. The second-order valence-electron chi connectivity index (χ2n) is 14.5. The molecule has 0 fully saturated rings. The Kier molecular flexibility index (Phi) is 20.0. The number of primary amides is 1. The first-order valence-electron chi connectivity index (χ1n) is 19.5. The number of thiophene rings is 1. The second-order valence-corrected chi connectivity index (χ2v) is 16.1. The Hall–Kier alpha value is -3.52. The maximum Gasteiger partial charge on any atom is 0.404 e. The van der Waals surface area contributed by atoms with E-state index in [0.29, 0.717) is 103 Å². The molecule has 2 atom stereocenters. The molecule has 4 rings (SSSR count). The number of carbonyl (C=O) groups is 2. The molecule has 2 aromatic heterocycles. The van der Waals surface area contributed by atoms with Gasteiger partial charge in [-0.15, -0.1) is 21.5 Å². The van der Waals surface area contributed by atoms with Crippen LogP contribution < -0.4 is 11.1 Å². The predicted molar refractivity (Wildman–Crippen MR) is 221 cm³/mol. The van der Waals surface area contributed by atoms with Gasteiger partial charge in [0.25, 0.3) is 0 Å². The summed E-state index contributed by atoms with van der Waals surface area (Å²) >= 11 is 7.88. The molecule has 0 radical (unpaired) electrons. The van der Waals surface area contributed by atoms with E-state index >= 15 is 0 Å². The molecule has 0 spiro atoms. The van der Waals surface area contributed by atoms with E-state index in [9.17, 15) is 9.59 Å². The topological polar surface area (TPSA) is 189 Å². The van der Waals surface area contributed by atoms with Crippen molar-refractivity contribution in [3.63, 3.8) is 0 Å². The Labute approximate surface area is 350 Å². The molecule has 58 heavy (non-hydrogen) atoms. The molecule has 0 bridgehead atoms. The van der Waals surface area contributed by atoms with Crippen LogP contribution in [-0.2, 0) is 42.7 Å². The fraction of sp³-hybridized carbons (Fsp3) is 0.625. The summed E-state index contributed by atoms with van der Waals surface area (Å²) in [5, 5.41) is 13.4. The molecule has 0 saturated carbocycles. The molecule has 16 nitrogen and oxygen atoms in total. The number of hydrogen-bond acceptors (Lipinski definition) is 14. The van der Waals surface area contributed by atoms with Gasteiger partial charge in [-0.1, -0.05) is 44.5 Å². The summed E-state index contributed by atoms with van der Waals surface area (Å²) in [4.78, 5) is 30.5. The van der Waals surface area contributed by atoms with E-state index in [-0.39, 0.29) is 24.3 Å². The Bertz CT molecular complexity index is 1750. The molecule has 1 aliphatic heterocycles. The Morgan fingerprint density at radius 1 is 0.810 bits per heavy atom. The molecule has 2 amide bonds. The van der Waals surface area contributed by atoms with Crippen molar-refractivity contribution in [2.24, 2.45) is 16.1 Å². The summed E-state index contributed by atoms with van der Waals surface area (Å²) < 4.78 is 46.0. The number of nitrogens with zero attached hydrogens (tertiary/aromatic N) is 4. The smallest absolute Gasteiger partial charge is 0.404 e. The molecular formula is C40H59ClN6O10S. The van der Waals surface area contributed by atoms with Gasteiger partial charge in [0.1, 0.15) is 23.0 Å². The predicted octanol–water partition coefficient (Wildman–Crippen LogP) is 4.93. The number of nitrogens with one attached hydrogen (secondary N) is 1. The fourth-order valence-electron chi connectivity index (χ4n) is 5.75. The van der Waals surface area contributed by atoms with E-state index in [4.69, 9.17) is 60.2 Å². The largest absolute Gasteiger partial charge is 0.443 e. The molecule has 1 unspecified atom stereocenters. The van der Waals surface area contributed by atoms with Gasteiger partial charge < -0.3 is 48.9 Å². The first-order valence-corrected chi connectivity index (χ1v) is 20.7. The lowest BCUT2D eigenvalue weighted by Gasteiger charge is -2.29. The van der Waals surface area contributed by atoms with Crippen LogP contribution in [0.4, 0.5) is 4.79 Å². The average Bonchev–Trinajstić information content (AvgIpc) is 3.65. The number of amides is 2. The number of aryl methyl sites for hydroxylation is 2. The number of aliphatic imine (C=N–C) groups is 1. The lowest BCUT2D eigenvalue weighted by Crippen LogP contribution is -2.37. The number of halogens is 1. The lowest BCUT2D eigenvalue weighted by atomic mass is 9.89. The number of fused-ring (bicyclic) bond motifs is 3. The number of hydrogen-bond donors (Lipinski definition) is 2. The van der Waals surface area contributed by atoms with Crippen molar-refractivity contribution in [1.82, 2.24) is 20.1 Å². The molecule has 3 aromatic rings. The summed E-state index contributed by atoms with van der Waals surface area (Å²) in [5.41, 5.74) is 8.74. The third-order valence-corrected chi connectivity index (χ3v) is 10.5. The van der Waals surface area contributed by atoms with E-state index in [1.165, 1.54) is 4.88 Å². The molecule has 18 heteroatoms. The zero-order chi connectivity index (χ0) is 41.9. The van der Waals surface area contributed by atoms with Gasteiger partial charge in [0.05, 0.1) is 105 Å². The van der Waals surface area contributed by atoms with Crippen molar-refractivity contribution in [1.29, 1.82) is 0 Å². The van der Waals surface area contributed by atoms with Crippen molar-refractivity contribution < 1.29 is 47.5 Å². The third kappa shape index (κ3) is 15.3. The molecular weight excluding hydrogens is 792 g/mol. The zero-order valence-corrected chi connectivity index (χ0v) is 36.1. The standard InChI is InChI=1S/C40H59ClN6O10S/c1-27-28(2)58-38-35(27)36(30-7-9-31(41)10-8-30)44-32(37-46-45-29(3)47(37)38)25-34(48)43-11-12-50-13-14-51-15-16-52-17-18-53-19-20-54-21-22-55-23-24-56-26-33(40(4,5)6)57-39(42)49/h7-10,32-33H,11-26H2,1-6H3,(H2,42,49)(H,43,48)/t32?,33-/m1/s1. The van der Waals surface area contributed by atoms with E-state index in [1.54, 1.807) is 11.3 Å². The number of benzene rings is 1. The molecule has 0 saturated heterocycles. The first kappa shape index (κ1) is 47.2. The summed E-state index contributed by atoms with van der Waals surface area (Å²) in [6, 6.07) is 7.07. The van der Waals surface area contributed by atoms with Crippen LogP contribution >= 0.6 is 22.9 Å². The molecule has 1 aromatic carbocycles. The minimum absolute atomic E-state index is 0.107. The maximum atomic E-state index is 13.1. The zero-order valence-electron chi connectivity index (χ0n) is 34.5. The van der Waals surface area contributed by atoms with Gasteiger partial charge in [-0.05, 0) is 38.5 Å². The highest BCUT2D eigenvalue weighted by Gasteiger charge is 2.32. The summed E-state index contributed by atoms with van der Waals surface area (Å²) in [5.74, 6) is 1.22. The molecule has 3 heterocycles. The summed E-state index contributed by atoms with van der Waals surface area (Å²) in [6.45, 7) is 18.0. The van der Waals surface area contributed by atoms with E-state index in [1.807, 2.05) is 56.5 Å². The minimum Gasteiger partial charge on any atom is -0.443 e. The van der Waals surface area contributed by atoms with Gasteiger partial charge >= 0.3 is 6.09 Å². The van der Waals surface area contributed by atoms with Crippen LogP contribution in [0, 0.1) is 26.2 Å². The quantitative estimate of drug-likeness (QED) is 0.0986. The van der Waals surface area contributed by atoms with Crippen LogP contribution in [0.1, 0.15) is 66.5 Å². The van der Waals surface area contributed by atoms with Gasteiger partial charge in [-0.2, -0.15) is 0 Å². The molecule has 322 valence electrons. The fourth-order valence-corrected chi connectivity index (χ4v) is 7.09. The third-order valence-electron chi connectivity index (χ3n) is 9.03. The van der Waals surface area contributed by atoms with E-state index in [0.717, 1.165) is 33.2 Å². The highest BCUT2D eigenvalue weighted by molar-refractivity contribution is 7.15. The Morgan fingerprint density at radius 3 is 1.84 bits per heavy atom. The minimum atomic E-state index is -0.814. The van der Waals surface area contributed by atoms with Gasteiger partial charge in [-0.25, -0.2) is 4.79 Å². The average molecular weight is 851 g/mol. The van der Waals surface area contributed by atoms with Crippen molar-refractivity contribution in [3.05, 3.63) is 62.5 Å². The lowest BCUT2D eigenvalue weighted by molar-refractivity contribution is -0.121. The van der Waals surface area contributed by atoms with Gasteiger partial charge in [-0.3, -0.25) is 14.4 Å². The number of nitrogens with two attached hydrogens (primary N) is 1. The van der Waals surface area contributed by atoms with Crippen molar-refractivity contribution in [2.75, 3.05) is 99.0 Å². The van der Waals surface area contributed by atoms with Crippen LogP contribution in [0.2, 0.25) is 5.02 Å². The van der Waals surface area contributed by atoms with Crippen molar-refractivity contribution in [2.45, 2.75) is 60.1 Å². The molecule has 0 aliphatic carbocycles. The highest BCUT2D eigenvalue weighted by Crippen LogP contribution is 2.39. The summed E-state index contributed by atoms with van der Waals surface area (Å²) in [7, 11) is 0. The first-order chi connectivity index (χ1) is 27.9. The molecule has 1 aliphatic rings. The molecule has 3 N–H and O–H groups in total. The van der Waals surface area contributed by atoms with Gasteiger partial charge in [0, 0.05) is 33.0 Å². The normalized spacial score (nSPS) is 14.4. The van der Waals surface area contributed by atoms with Gasteiger partial charge in [0.2, 0.25) is 5.91 Å². The van der Waals surface area contributed by atoms with Crippen molar-refractivity contribution in [3.8, 4) is 5.00 Å². The monoisotopic (exact) mass is 850 g/mol.